The minimum Gasteiger partial charge on any atom is -0.345 e. The number of halogens is 3. The molecule has 1 amide bonds. The Morgan fingerprint density at radius 3 is 2.62 bits per heavy atom. The maximum Gasteiger partial charge on any atom is 0.252 e. The van der Waals surface area contributed by atoms with Crippen LogP contribution in [-0.2, 0) is 0 Å². The molecule has 1 N–H and O–H groups in total. The largest absolute Gasteiger partial charge is 0.345 e. The molecule has 0 heterocycles. The predicted octanol–water partition coefficient (Wildman–Crippen LogP) is 5.75. The first kappa shape index (κ1) is 16.5. The van der Waals surface area contributed by atoms with Gasteiger partial charge in [0.05, 0.1) is 11.6 Å². The summed E-state index contributed by atoms with van der Waals surface area (Å²) in [6.45, 7) is 2.03. The number of hydrogen-bond donors (Lipinski definition) is 1. The second-order valence-corrected chi connectivity index (χ2v) is 6.82. The van der Waals surface area contributed by atoms with Gasteiger partial charge in [-0.3, -0.25) is 4.79 Å². The van der Waals surface area contributed by atoms with Gasteiger partial charge in [0.2, 0.25) is 0 Å². The second kappa shape index (κ2) is 7.43. The summed E-state index contributed by atoms with van der Waals surface area (Å²) >= 11 is 12.8. The molecule has 0 bridgehead atoms. The summed E-state index contributed by atoms with van der Waals surface area (Å²) in [5.41, 5.74) is 1.62. The van der Waals surface area contributed by atoms with Gasteiger partial charge in [-0.05, 0) is 58.2 Å². The molecular formula is C16H14Br2ClNO. The van der Waals surface area contributed by atoms with Gasteiger partial charge in [0.25, 0.3) is 5.91 Å². The van der Waals surface area contributed by atoms with Crippen LogP contribution in [0.3, 0.4) is 0 Å². The van der Waals surface area contributed by atoms with Crippen LogP contribution in [0.4, 0.5) is 0 Å². The summed E-state index contributed by atoms with van der Waals surface area (Å²) in [4.78, 5) is 12.4. The van der Waals surface area contributed by atoms with Gasteiger partial charge >= 0.3 is 0 Å². The molecule has 0 aliphatic carbocycles. The van der Waals surface area contributed by atoms with E-state index in [0.29, 0.717) is 10.6 Å². The Labute approximate surface area is 146 Å². The van der Waals surface area contributed by atoms with Crippen LogP contribution in [0.1, 0.15) is 35.3 Å². The Balaban J connectivity index is 2.20. The van der Waals surface area contributed by atoms with Gasteiger partial charge in [-0.1, -0.05) is 46.6 Å². The average Bonchev–Trinajstić information content (AvgIpc) is 2.44. The van der Waals surface area contributed by atoms with Crippen molar-refractivity contribution >= 4 is 49.4 Å². The SMILES string of the molecule is CCC(NC(=O)c1ccc(Br)cc1Br)c1cccc(Cl)c1. The number of carbonyl (C=O) groups excluding carboxylic acids is 1. The lowest BCUT2D eigenvalue weighted by Gasteiger charge is -2.18. The molecule has 1 atom stereocenters. The third-order valence-corrected chi connectivity index (χ3v) is 4.52. The zero-order chi connectivity index (χ0) is 15.4. The van der Waals surface area contributed by atoms with Crippen molar-refractivity contribution in [2.45, 2.75) is 19.4 Å². The molecule has 2 nitrogen and oxygen atoms in total. The Hall–Kier alpha value is -0.840. The molecule has 0 aliphatic rings. The van der Waals surface area contributed by atoms with E-state index in [4.69, 9.17) is 11.6 Å². The number of benzene rings is 2. The molecule has 5 heteroatoms. The molecule has 2 aromatic carbocycles. The van der Waals surface area contributed by atoms with Gasteiger partial charge < -0.3 is 5.32 Å². The zero-order valence-electron chi connectivity index (χ0n) is 11.4. The van der Waals surface area contributed by atoms with Gasteiger partial charge in [0.15, 0.2) is 0 Å². The summed E-state index contributed by atoms with van der Waals surface area (Å²) in [5.74, 6) is -0.110. The van der Waals surface area contributed by atoms with Crippen LogP contribution in [0.15, 0.2) is 51.4 Å². The number of nitrogens with one attached hydrogen (secondary N) is 1. The molecule has 0 saturated carbocycles. The van der Waals surface area contributed by atoms with E-state index in [2.05, 4.69) is 37.2 Å². The molecule has 0 saturated heterocycles. The van der Waals surface area contributed by atoms with E-state index in [0.717, 1.165) is 20.9 Å². The number of rotatable bonds is 4. The summed E-state index contributed by atoms with van der Waals surface area (Å²) in [6.07, 6.45) is 0.792. The Bertz CT molecular complexity index is 660. The quantitative estimate of drug-likeness (QED) is 0.657. The van der Waals surface area contributed by atoms with Crippen LogP contribution >= 0.6 is 43.5 Å². The van der Waals surface area contributed by atoms with Gasteiger partial charge in [-0.15, -0.1) is 0 Å². The highest BCUT2D eigenvalue weighted by molar-refractivity contribution is 9.11. The first-order chi connectivity index (χ1) is 10.0. The number of carbonyl (C=O) groups is 1. The maximum absolute atomic E-state index is 12.4. The number of hydrogen-bond acceptors (Lipinski definition) is 1. The topological polar surface area (TPSA) is 29.1 Å². The van der Waals surface area contributed by atoms with Crippen molar-refractivity contribution < 1.29 is 4.79 Å². The fraction of sp³-hybridized carbons (Fsp3) is 0.188. The second-order valence-electron chi connectivity index (χ2n) is 4.61. The zero-order valence-corrected chi connectivity index (χ0v) is 15.3. The van der Waals surface area contributed by atoms with Crippen LogP contribution < -0.4 is 5.32 Å². The molecule has 110 valence electrons. The molecule has 0 aromatic heterocycles. The molecule has 0 fully saturated rings. The van der Waals surface area contributed by atoms with Crippen molar-refractivity contribution in [3.63, 3.8) is 0 Å². The van der Waals surface area contributed by atoms with Crippen molar-refractivity contribution in [1.82, 2.24) is 5.32 Å². The minimum absolute atomic E-state index is 0.0632. The van der Waals surface area contributed by atoms with E-state index in [1.807, 2.05) is 43.3 Å². The average molecular weight is 432 g/mol. The van der Waals surface area contributed by atoms with Crippen molar-refractivity contribution in [2.75, 3.05) is 0 Å². The van der Waals surface area contributed by atoms with E-state index in [-0.39, 0.29) is 11.9 Å². The van der Waals surface area contributed by atoms with E-state index in [1.54, 1.807) is 6.07 Å². The van der Waals surface area contributed by atoms with Crippen LogP contribution in [0.5, 0.6) is 0 Å². The smallest absolute Gasteiger partial charge is 0.252 e. The van der Waals surface area contributed by atoms with Gasteiger partial charge in [0, 0.05) is 14.0 Å². The van der Waals surface area contributed by atoms with Crippen molar-refractivity contribution in [2.24, 2.45) is 0 Å². The molecule has 21 heavy (non-hydrogen) atoms. The summed E-state index contributed by atoms with van der Waals surface area (Å²) in [7, 11) is 0. The minimum atomic E-state index is -0.110. The van der Waals surface area contributed by atoms with Crippen molar-refractivity contribution in [3.05, 3.63) is 67.6 Å². The number of amides is 1. The third-order valence-electron chi connectivity index (χ3n) is 3.14. The van der Waals surface area contributed by atoms with Crippen LogP contribution in [0, 0.1) is 0 Å². The summed E-state index contributed by atoms with van der Waals surface area (Å²) in [5, 5.41) is 3.72. The van der Waals surface area contributed by atoms with E-state index < -0.39 is 0 Å². The monoisotopic (exact) mass is 429 g/mol. The van der Waals surface area contributed by atoms with Gasteiger partial charge in [-0.25, -0.2) is 0 Å². The van der Waals surface area contributed by atoms with Gasteiger partial charge in [-0.2, -0.15) is 0 Å². The van der Waals surface area contributed by atoms with Gasteiger partial charge in [0.1, 0.15) is 0 Å². The molecule has 0 radical (unpaired) electrons. The lowest BCUT2D eigenvalue weighted by molar-refractivity contribution is 0.0935. The predicted molar refractivity (Wildman–Crippen MR) is 93.8 cm³/mol. The molecule has 0 aliphatic heterocycles. The fourth-order valence-electron chi connectivity index (χ4n) is 2.05. The molecule has 1 unspecified atom stereocenters. The highest BCUT2D eigenvalue weighted by atomic mass is 79.9. The normalized spacial score (nSPS) is 12.0. The summed E-state index contributed by atoms with van der Waals surface area (Å²) in [6, 6.07) is 13.0. The van der Waals surface area contributed by atoms with Crippen LogP contribution in [0.25, 0.3) is 0 Å². The molecule has 0 spiro atoms. The summed E-state index contributed by atoms with van der Waals surface area (Å²) < 4.78 is 1.68. The maximum atomic E-state index is 12.4. The highest BCUT2D eigenvalue weighted by Crippen LogP contribution is 2.24. The van der Waals surface area contributed by atoms with E-state index in [1.165, 1.54) is 0 Å². The van der Waals surface area contributed by atoms with E-state index >= 15 is 0 Å². The van der Waals surface area contributed by atoms with Crippen molar-refractivity contribution in [3.8, 4) is 0 Å². The molecule has 2 aromatic rings. The van der Waals surface area contributed by atoms with E-state index in [9.17, 15) is 4.79 Å². The van der Waals surface area contributed by atoms with Crippen molar-refractivity contribution in [1.29, 1.82) is 0 Å². The Morgan fingerprint density at radius 2 is 2.00 bits per heavy atom. The standard InChI is InChI=1S/C16H14Br2ClNO/c1-2-15(10-4-3-5-12(19)8-10)20-16(21)13-7-6-11(17)9-14(13)18/h3-9,15H,2H2,1H3,(H,20,21). The Kier molecular flexibility index (Phi) is 5.85. The molecular weight excluding hydrogens is 417 g/mol. The fourth-order valence-corrected chi connectivity index (χ4v) is 3.48. The third kappa shape index (κ3) is 4.31. The molecule has 2 rings (SSSR count). The lowest BCUT2D eigenvalue weighted by atomic mass is 10.0. The highest BCUT2D eigenvalue weighted by Gasteiger charge is 2.16. The van der Waals surface area contributed by atoms with Crippen LogP contribution in [0.2, 0.25) is 5.02 Å². The first-order valence-electron chi connectivity index (χ1n) is 6.52. The lowest BCUT2D eigenvalue weighted by Crippen LogP contribution is -2.28. The Morgan fingerprint density at radius 1 is 1.24 bits per heavy atom. The first-order valence-corrected chi connectivity index (χ1v) is 8.49. The van der Waals surface area contributed by atoms with Crippen LogP contribution in [-0.4, -0.2) is 5.91 Å².